The number of nitrogens with one attached hydrogen (secondary N) is 1. The fourth-order valence-corrected chi connectivity index (χ4v) is 3.74. The molecule has 0 saturated carbocycles. The van der Waals surface area contributed by atoms with E-state index in [4.69, 9.17) is 9.47 Å². The number of hydrogen-bond donors (Lipinski definition) is 1. The number of ether oxygens (including phenoxy) is 2. The number of sulfonamides is 1. The van der Waals surface area contributed by atoms with E-state index in [-0.39, 0.29) is 6.54 Å². The molecule has 7 nitrogen and oxygen atoms in total. The smallest absolute Gasteiger partial charge is 0.245 e. The molecule has 0 saturated heterocycles. The Hall–Kier alpha value is -3.52. The largest absolute Gasteiger partial charge is 0.492 e. The van der Waals surface area contributed by atoms with Gasteiger partial charge in [0.25, 0.3) is 0 Å². The molecule has 0 spiro atoms. The van der Waals surface area contributed by atoms with E-state index in [0.29, 0.717) is 35.2 Å². The van der Waals surface area contributed by atoms with Crippen molar-refractivity contribution in [1.82, 2.24) is 0 Å². The third-order valence-electron chi connectivity index (χ3n) is 4.24. The lowest BCUT2D eigenvalue weighted by atomic mass is 10.2. The van der Waals surface area contributed by atoms with E-state index in [1.807, 2.05) is 30.3 Å². The molecule has 0 aliphatic heterocycles. The van der Waals surface area contributed by atoms with Crippen molar-refractivity contribution in [2.75, 3.05) is 29.0 Å². The number of carbonyl (C=O) groups is 1. The lowest BCUT2D eigenvalue weighted by molar-refractivity contribution is -0.114. The van der Waals surface area contributed by atoms with Crippen molar-refractivity contribution in [2.24, 2.45) is 0 Å². The van der Waals surface area contributed by atoms with Gasteiger partial charge in [-0.05, 0) is 55.5 Å². The van der Waals surface area contributed by atoms with E-state index >= 15 is 0 Å². The number of amides is 1. The van der Waals surface area contributed by atoms with Crippen LogP contribution in [0.2, 0.25) is 0 Å². The minimum atomic E-state index is -3.71. The Balaban J connectivity index is 1.70. The first kappa shape index (κ1) is 22.2. The van der Waals surface area contributed by atoms with Gasteiger partial charge in [0.1, 0.15) is 23.8 Å². The molecule has 3 aromatic rings. The number of carbonyl (C=O) groups excluding carboxylic acids is 1. The van der Waals surface area contributed by atoms with Gasteiger partial charge in [-0.25, -0.2) is 8.42 Å². The van der Waals surface area contributed by atoms with E-state index in [1.54, 1.807) is 55.5 Å². The minimum absolute atomic E-state index is 0.314. The van der Waals surface area contributed by atoms with Gasteiger partial charge in [-0.2, -0.15) is 0 Å². The summed E-state index contributed by atoms with van der Waals surface area (Å²) in [6.07, 6.45) is 1.05. The van der Waals surface area contributed by atoms with Crippen LogP contribution in [0.1, 0.15) is 6.92 Å². The van der Waals surface area contributed by atoms with Gasteiger partial charge in [0, 0.05) is 5.69 Å². The molecule has 1 N–H and O–H groups in total. The molecule has 3 rings (SSSR count). The van der Waals surface area contributed by atoms with E-state index in [9.17, 15) is 13.2 Å². The van der Waals surface area contributed by atoms with Crippen molar-refractivity contribution in [3.63, 3.8) is 0 Å². The second kappa shape index (κ2) is 9.99. The Labute approximate surface area is 182 Å². The van der Waals surface area contributed by atoms with Crippen LogP contribution >= 0.6 is 0 Å². The second-order valence-corrected chi connectivity index (χ2v) is 8.56. The predicted molar refractivity (Wildman–Crippen MR) is 121 cm³/mol. The van der Waals surface area contributed by atoms with Gasteiger partial charge in [-0.1, -0.05) is 30.3 Å². The Morgan fingerprint density at radius 1 is 0.903 bits per heavy atom. The summed E-state index contributed by atoms with van der Waals surface area (Å²) >= 11 is 0. The average molecular weight is 441 g/mol. The monoisotopic (exact) mass is 440 g/mol. The van der Waals surface area contributed by atoms with Crippen LogP contribution in [0.15, 0.2) is 78.9 Å². The van der Waals surface area contributed by atoms with Crippen molar-refractivity contribution in [3.8, 4) is 17.2 Å². The molecule has 162 valence electrons. The number of nitrogens with zero attached hydrogens (tertiary/aromatic N) is 1. The third-order valence-corrected chi connectivity index (χ3v) is 5.36. The van der Waals surface area contributed by atoms with Crippen LogP contribution in [0.25, 0.3) is 0 Å². The van der Waals surface area contributed by atoms with Gasteiger partial charge >= 0.3 is 0 Å². The number of benzene rings is 3. The summed E-state index contributed by atoms with van der Waals surface area (Å²) in [6, 6.07) is 22.9. The molecule has 0 aliphatic carbocycles. The van der Waals surface area contributed by atoms with Crippen molar-refractivity contribution in [2.45, 2.75) is 6.92 Å². The van der Waals surface area contributed by atoms with E-state index in [0.717, 1.165) is 10.6 Å². The second-order valence-electron chi connectivity index (χ2n) is 6.66. The van der Waals surface area contributed by atoms with Crippen molar-refractivity contribution in [3.05, 3.63) is 78.9 Å². The van der Waals surface area contributed by atoms with Crippen LogP contribution in [0.3, 0.4) is 0 Å². The van der Waals surface area contributed by atoms with Crippen LogP contribution in [-0.4, -0.2) is 33.7 Å². The minimum Gasteiger partial charge on any atom is -0.492 e. The van der Waals surface area contributed by atoms with Gasteiger partial charge in [-0.3, -0.25) is 9.10 Å². The lowest BCUT2D eigenvalue weighted by Crippen LogP contribution is -2.37. The molecule has 0 unspecified atom stereocenters. The summed E-state index contributed by atoms with van der Waals surface area (Å²) in [6.45, 7) is 1.79. The highest BCUT2D eigenvalue weighted by atomic mass is 32.2. The molecule has 0 aliphatic rings. The maximum absolute atomic E-state index is 12.6. The average Bonchev–Trinajstić information content (AvgIpc) is 2.74. The maximum Gasteiger partial charge on any atom is 0.245 e. The lowest BCUT2D eigenvalue weighted by Gasteiger charge is -2.24. The molecular formula is C23H24N2O5S. The normalized spacial score (nSPS) is 10.9. The molecule has 0 radical (unpaired) electrons. The zero-order valence-corrected chi connectivity index (χ0v) is 18.1. The standard InChI is InChI=1S/C23H24N2O5S/c1-3-29-22-12-8-7-11-21(22)25(31(2,27)28)17-23(26)24-18-13-15-20(16-14-18)30-19-9-5-4-6-10-19/h4-16H,3,17H2,1-2H3,(H,24,26). The van der Waals surface area contributed by atoms with Crippen molar-refractivity contribution < 1.29 is 22.7 Å². The SMILES string of the molecule is CCOc1ccccc1N(CC(=O)Nc1ccc(Oc2ccccc2)cc1)S(C)(=O)=O. The van der Waals surface area contributed by atoms with E-state index < -0.39 is 15.9 Å². The van der Waals surface area contributed by atoms with Crippen LogP contribution in [-0.2, 0) is 14.8 Å². The molecule has 0 atom stereocenters. The van der Waals surface area contributed by atoms with Crippen molar-refractivity contribution >= 4 is 27.3 Å². The molecule has 31 heavy (non-hydrogen) atoms. The van der Waals surface area contributed by atoms with E-state index in [1.165, 1.54) is 0 Å². The summed E-state index contributed by atoms with van der Waals surface area (Å²) in [5.74, 6) is 1.24. The molecule has 0 fully saturated rings. The number of rotatable bonds is 9. The first-order chi connectivity index (χ1) is 14.9. The molecule has 1 amide bonds. The summed E-state index contributed by atoms with van der Waals surface area (Å²) in [7, 11) is -3.71. The zero-order valence-electron chi connectivity index (χ0n) is 17.3. The third kappa shape index (κ3) is 6.23. The van der Waals surface area contributed by atoms with Gasteiger partial charge in [0.05, 0.1) is 18.6 Å². The fraction of sp³-hybridized carbons (Fsp3) is 0.174. The van der Waals surface area contributed by atoms with Crippen LogP contribution < -0.4 is 19.1 Å². The topological polar surface area (TPSA) is 84.9 Å². The summed E-state index contributed by atoms with van der Waals surface area (Å²) in [5, 5.41) is 2.72. The van der Waals surface area contributed by atoms with Gasteiger partial charge in [0.2, 0.25) is 15.9 Å². The Bertz CT molecular complexity index is 1120. The highest BCUT2D eigenvalue weighted by Gasteiger charge is 2.24. The van der Waals surface area contributed by atoms with Crippen molar-refractivity contribution in [1.29, 1.82) is 0 Å². The summed E-state index contributed by atoms with van der Waals surface area (Å²) in [5.41, 5.74) is 0.838. The first-order valence-corrected chi connectivity index (χ1v) is 11.5. The molecule has 0 heterocycles. The molecule has 0 bridgehead atoms. The van der Waals surface area contributed by atoms with Crippen LogP contribution in [0.4, 0.5) is 11.4 Å². The maximum atomic E-state index is 12.6. The van der Waals surface area contributed by atoms with Gasteiger partial charge in [0.15, 0.2) is 0 Å². The Morgan fingerprint density at radius 3 is 2.16 bits per heavy atom. The van der Waals surface area contributed by atoms with Gasteiger partial charge in [-0.15, -0.1) is 0 Å². The molecular weight excluding hydrogens is 416 g/mol. The quantitative estimate of drug-likeness (QED) is 0.537. The predicted octanol–water partition coefficient (Wildman–Crippen LogP) is 4.28. The molecule has 3 aromatic carbocycles. The highest BCUT2D eigenvalue weighted by Crippen LogP contribution is 2.30. The van der Waals surface area contributed by atoms with Crippen LogP contribution in [0, 0.1) is 0 Å². The van der Waals surface area contributed by atoms with E-state index in [2.05, 4.69) is 5.32 Å². The van der Waals surface area contributed by atoms with Crippen LogP contribution in [0.5, 0.6) is 17.2 Å². The zero-order chi connectivity index (χ0) is 22.3. The Morgan fingerprint density at radius 2 is 1.52 bits per heavy atom. The fourth-order valence-electron chi connectivity index (χ4n) is 2.88. The molecule has 0 aromatic heterocycles. The highest BCUT2D eigenvalue weighted by molar-refractivity contribution is 7.92. The Kier molecular flexibility index (Phi) is 7.15. The summed E-state index contributed by atoms with van der Waals surface area (Å²) < 4.78 is 37.0. The number of hydrogen-bond acceptors (Lipinski definition) is 5. The molecule has 8 heteroatoms. The number of para-hydroxylation sites is 3. The first-order valence-electron chi connectivity index (χ1n) is 9.69. The number of anilines is 2. The van der Waals surface area contributed by atoms with Gasteiger partial charge < -0.3 is 14.8 Å². The summed E-state index contributed by atoms with van der Waals surface area (Å²) in [4.78, 5) is 12.6.